The van der Waals surface area contributed by atoms with Crippen molar-refractivity contribution in [2.45, 2.75) is 69.1 Å². The molecule has 1 heteroatoms. The van der Waals surface area contributed by atoms with E-state index in [1.165, 1.54) is 56.1 Å². The fourth-order valence-electron chi connectivity index (χ4n) is 8.44. The average Bonchev–Trinajstić information content (AvgIpc) is 3.20. The number of hydrogen-bond acceptors (Lipinski definition) is 1. The summed E-state index contributed by atoms with van der Waals surface area (Å²) in [6.45, 7) is 0. The van der Waals surface area contributed by atoms with Crippen molar-refractivity contribution in [2.75, 3.05) is 0 Å². The summed E-state index contributed by atoms with van der Waals surface area (Å²) in [5.41, 5.74) is 8.85. The van der Waals surface area contributed by atoms with Gasteiger partial charge in [-0.05, 0) is 79.9 Å². The first-order chi connectivity index (χ1) is 11.7. The predicted molar refractivity (Wildman–Crippen MR) is 92.9 cm³/mol. The number of benzene rings is 1. The van der Waals surface area contributed by atoms with Crippen LogP contribution in [-0.2, 0) is 16.6 Å². The number of allylic oxidation sites excluding steroid dienone is 2. The monoisotopic (exact) mass is 316 g/mol. The zero-order chi connectivity index (χ0) is 15.7. The smallest absolute Gasteiger partial charge is 0.141 e. The molecular weight excluding hydrogens is 292 g/mol. The van der Waals surface area contributed by atoms with Crippen LogP contribution in [0.25, 0.3) is 0 Å². The second kappa shape index (κ2) is 3.74. The molecule has 0 N–H and O–H groups in total. The van der Waals surface area contributed by atoms with Gasteiger partial charge in [0.1, 0.15) is 5.78 Å². The van der Waals surface area contributed by atoms with Crippen LogP contribution in [0.4, 0.5) is 0 Å². The molecule has 24 heavy (non-hydrogen) atoms. The minimum Gasteiger partial charge on any atom is -0.299 e. The van der Waals surface area contributed by atoms with Crippen molar-refractivity contribution in [1.82, 2.24) is 0 Å². The molecule has 8 aliphatic rings. The van der Waals surface area contributed by atoms with E-state index in [1.807, 2.05) is 11.1 Å². The Morgan fingerprint density at radius 1 is 0.917 bits per heavy atom. The molecular formula is C23H24O. The topological polar surface area (TPSA) is 17.1 Å². The Bertz CT molecular complexity index is 851. The number of carbonyl (C=O) groups is 1. The van der Waals surface area contributed by atoms with Crippen molar-refractivity contribution in [1.29, 1.82) is 0 Å². The molecule has 0 heterocycles. The average molecular weight is 316 g/mol. The Morgan fingerprint density at radius 3 is 2.62 bits per heavy atom. The van der Waals surface area contributed by atoms with Crippen LogP contribution in [0.15, 0.2) is 29.3 Å². The second-order valence-corrected chi connectivity index (χ2v) is 9.59. The third kappa shape index (κ3) is 1.14. The van der Waals surface area contributed by atoms with Crippen molar-refractivity contribution in [2.24, 2.45) is 17.3 Å². The first-order valence-electron chi connectivity index (χ1n) is 10.1. The highest BCUT2D eigenvalue weighted by atomic mass is 16.1. The number of fused-ring (bicyclic) bond motifs is 4. The molecule has 1 aromatic rings. The van der Waals surface area contributed by atoms with Gasteiger partial charge in [0.05, 0.1) is 5.92 Å². The molecule has 2 saturated carbocycles. The normalized spacial score (nSPS) is 46.3. The summed E-state index contributed by atoms with van der Waals surface area (Å²) in [6, 6.07) is 7.35. The molecule has 0 radical (unpaired) electrons. The van der Waals surface area contributed by atoms with Crippen molar-refractivity contribution in [3.8, 4) is 0 Å². The molecule has 2 spiro atoms. The number of hydrogen-bond donors (Lipinski definition) is 0. The van der Waals surface area contributed by atoms with Crippen LogP contribution in [0.1, 0.15) is 74.0 Å². The van der Waals surface area contributed by atoms with Gasteiger partial charge < -0.3 is 0 Å². The van der Waals surface area contributed by atoms with Crippen LogP contribution in [0.2, 0.25) is 0 Å². The molecule has 0 amide bonds. The lowest BCUT2D eigenvalue weighted by Gasteiger charge is -2.53. The standard InChI is InChI=1S/C23H24O/c24-18-4-1-14-11-16-2-3-17(14)21(18)23-10-7-15(12-23)20-19(23)13-5-8-22(16,20)9-6-13/h2-3,11,13,15,21H,1,4-10,12H2. The van der Waals surface area contributed by atoms with Crippen LogP contribution < -0.4 is 0 Å². The molecule has 0 aliphatic heterocycles. The molecule has 1 nitrogen and oxygen atoms in total. The zero-order valence-electron chi connectivity index (χ0n) is 14.2. The van der Waals surface area contributed by atoms with Gasteiger partial charge in [-0.2, -0.15) is 0 Å². The lowest BCUT2D eigenvalue weighted by Crippen LogP contribution is -2.45. The lowest BCUT2D eigenvalue weighted by atomic mass is 9.50. The van der Waals surface area contributed by atoms with E-state index < -0.39 is 0 Å². The Kier molecular flexibility index (Phi) is 2.01. The van der Waals surface area contributed by atoms with Gasteiger partial charge in [0.15, 0.2) is 0 Å². The maximum absolute atomic E-state index is 13.2. The molecule has 3 atom stereocenters. The van der Waals surface area contributed by atoms with E-state index in [9.17, 15) is 4.79 Å². The van der Waals surface area contributed by atoms with Crippen molar-refractivity contribution in [3.05, 3.63) is 46.0 Å². The Hall–Kier alpha value is -1.37. The zero-order valence-corrected chi connectivity index (χ0v) is 14.2. The van der Waals surface area contributed by atoms with Crippen molar-refractivity contribution >= 4 is 5.78 Å². The highest BCUT2D eigenvalue weighted by molar-refractivity contribution is 5.90. The summed E-state index contributed by atoms with van der Waals surface area (Å²) in [5, 5.41) is 0. The maximum atomic E-state index is 13.2. The van der Waals surface area contributed by atoms with E-state index >= 15 is 0 Å². The lowest BCUT2D eigenvalue weighted by molar-refractivity contribution is -0.123. The SMILES string of the molecule is O=C1CCc2cc3ccc2C1C12CCC(C1)C1=C2C2CCC13CC2. The number of Topliss-reactive ketones (excluding diaryl/α,β-unsaturated/α-hetero) is 1. The molecule has 0 aromatic heterocycles. The van der Waals surface area contributed by atoms with Crippen LogP contribution >= 0.6 is 0 Å². The molecule has 2 fully saturated rings. The van der Waals surface area contributed by atoms with Gasteiger partial charge in [-0.15, -0.1) is 0 Å². The summed E-state index contributed by atoms with van der Waals surface area (Å²) in [5.74, 6) is 2.36. The van der Waals surface area contributed by atoms with E-state index in [0.717, 1.165) is 24.7 Å². The third-order valence-corrected chi connectivity index (χ3v) is 9.07. The summed E-state index contributed by atoms with van der Waals surface area (Å²) in [7, 11) is 0. The van der Waals surface area contributed by atoms with Crippen LogP contribution in [0.5, 0.6) is 0 Å². The minimum absolute atomic E-state index is 0.197. The first-order valence-corrected chi connectivity index (χ1v) is 10.1. The summed E-state index contributed by atoms with van der Waals surface area (Å²) >= 11 is 0. The Morgan fingerprint density at radius 2 is 1.75 bits per heavy atom. The van der Waals surface area contributed by atoms with Crippen LogP contribution in [-0.4, -0.2) is 5.78 Å². The Labute approximate surface area is 143 Å². The molecule has 8 aliphatic carbocycles. The van der Waals surface area contributed by atoms with Crippen LogP contribution in [0, 0.1) is 17.3 Å². The van der Waals surface area contributed by atoms with Gasteiger partial charge in [-0.1, -0.05) is 29.3 Å². The number of rotatable bonds is 0. The van der Waals surface area contributed by atoms with Crippen molar-refractivity contribution in [3.63, 3.8) is 0 Å². The largest absolute Gasteiger partial charge is 0.299 e. The molecule has 9 rings (SSSR count). The van der Waals surface area contributed by atoms with Gasteiger partial charge >= 0.3 is 0 Å². The summed E-state index contributed by atoms with van der Waals surface area (Å²) in [6.07, 6.45) is 11.2. The fraction of sp³-hybridized carbons (Fsp3) is 0.609. The highest BCUT2D eigenvalue weighted by Gasteiger charge is 2.65. The molecule has 3 unspecified atom stereocenters. The number of ketones is 1. The highest BCUT2D eigenvalue weighted by Crippen LogP contribution is 2.74. The van der Waals surface area contributed by atoms with E-state index in [-0.39, 0.29) is 11.3 Å². The maximum Gasteiger partial charge on any atom is 0.141 e. The van der Waals surface area contributed by atoms with E-state index in [4.69, 9.17) is 0 Å². The van der Waals surface area contributed by atoms with Gasteiger partial charge in [-0.3, -0.25) is 4.79 Å². The summed E-state index contributed by atoms with van der Waals surface area (Å²) in [4.78, 5) is 13.2. The van der Waals surface area contributed by atoms with Crippen LogP contribution in [0.3, 0.4) is 0 Å². The van der Waals surface area contributed by atoms with Gasteiger partial charge in [-0.25, -0.2) is 0 Å². The van der Waals surface area contributed by atoms with E-state index in [0.29, 0.717) is 11.2 Å². The minimum atomic E-state index is 0.197. The molecule has 0 saturated heterocycles. The van der Waals surface area contributed by atoms with Gasteiger partial charge in [0.25, 0.3) is 0 Å². The van der Waals surface area contributed by atoms with E-state index in [1.54, 1.807) is 5.56 Å². The van der Waals surface area contributed by atoms with Gasteiger partial charge in [0.2, 0.25) is 0 Å². The first kappa shape index (κ1) is 12.9. The molecule has 1 aromatic carbocycles. The quantitative estimate of drug-likeness (QED) is 0.626. The number of aryl methyl sites for hydroxylation is 1. The third-order valence-electron chi connectivity index (χ3n) is 9.07. The predicted octanol–water partition coefficient (Wildman–Crippen LogP) is 4.84. The molecule has 10 bridgehead atoms. The second-order valence-electron chi connectivity index (χ2n) is 9.59. The van der Waals surface area contributed by atoms with Crippen molar-refractivity contribution < 1.29 is 4.79 Å². The fourth-order valence-corrected chi connectivity index (χ4v) is 8.44. The number of carbonyl (C=O) groups excluding carboxylic acids is 1. The summed E-state index contributed by atoms with van der Waals surface area (Å²) < 4.78 is 0. The van der Waals surface area contributed by atoms with E-state index in [2.05, 4.69) is 18.2 Å². The molecule has 122 valence electrons. The van der Waals surface area contributed by atoms with Gasteiger partial charge in [0, 0.05) is 17.3 Å². The Balaban J connectivity index is 1.67.